The number of carbonyl (C=O) groups is 1. The zero-order chi connectivity index (χ0) is 20.0. The molecule has 9 heteroatoms. The van der Waals surface area contributed by atoms with E-state index in [0.29, 0.717) is 0 Å². The Bertz CT molecular complexity index is 893. The molecule has 2 rings (SSSR count). The standard InChI is InChI=1S/C18H14F4N2O3/c1-26-15-8-7-12(18(20,21)22)10-14(15)23-24-17-11(4-3-5-13(17)19)6-9-16(25)27-2/h3-10H,1-2H3/b9-6+,24-23?. The third kappa shape index (κ3) is 5.13. The van der Waals surface area contributed by atoms with Gasteiger partial charge in [-0.15, -0.1) is 10.2 Å². The lowest BCUT2D eigenvalue weighted by Gasteiger charge is -2.09. The molecule has 142 valence electrons. The molecule has 2 aromatic carbocycles. The summed E-state index contributed by atoms with van der Waals surface area (Å²) < 4.78 is 62.1. The van der Waals surface area contributed by atoms with Crippen molar-refractivity contribution in [3.05, 3.63) is 59.4 Å². The Morgan fingerprint density at radius 3 is 2.48 bits per heavy atom. The molecule has 0 aromatic heterocycles. The van der Waals surface area contributed by atoms with E-state index in [1.54, 1.807) is 0 Å². The lowest BCUT2D eigenvalue weighted by atomic mass is 10.1. The van der Waals surface area contributed by atoms with Gasteiger partial charge in [0, 0.05) is 11.6 Å². The third-order valence-corrected chi connectivity index (χ3v) is 3.38. The minimum absolute atomic E-state index is 0.0368. The average molecular weight is 382 g/mol. The fourth-order valence-electron chi connectivity index (χ4n) is 2.05. The fourth-order valence-corrected chi connectivity index (χ4v) is 2.05. The number of benzene rings is 2. The van der Waals surface area contributed by atoms with Crippen LogP contribution >= 0.6 is 0 Å². The van der Waals surface area contributed by atoms with E-state index in [1.165, 1.54) is 32.4 Å². The smallest absolute Gasteiger partial charge is 0.416 e. The van der Waals surface area contributed by atoms with Gasteiger partial charge in [0.15, 0.2) is 5.82 Å². The number of azo groups is 1. The maximum Gasteiger partial charge on any atom is 0.416 e. The van der Waals surface area contributed by atoms with Crippen LogP contribution in [0.25, 0.3) is 6.08 Å². The molecule has 0 aliphatic carbocycles. The molecule has 0 N–H and O–H groups in total. The summed E-state index contributed by atoms with van der Waals surface area (Å²) in [6, 6.07) is 6.62. The molecule has 0 bridgehead atoms. The van der Waals surface area contributed by atoms with E-state index in [9.17, 15) is 22.4 Å². The second-order valence-corrected chi connectivity index (χ2v) is 5.12. The highest BCUT2D eigenvalue weighted by Gasteiger charge is 2.31. The molecule has 27 heavy (non-hydrogen) atoms. The fraction of sp³-hybridized carbons (Fsp3) is 0.167. The van der Waals surface area contributed by atoms with Crippen LogP contribution in [0, 0.1) is 5.82 Å². The molecule has 0 unspecified atom stereocenters. The van der Waals surface area contributed by atoms with Crippen molar-refractivity contribution >= 4 is 23.4 Å². The summed E-state index contributed by atoms with van der Waals surface area (Å²) in [7, 11) is 2.44. The highest BCUT2D eigenvalue weighted by atomic mass is 19.4. The van der Waals surface area contributed by atoms with Gasteiger partial charge < -0.3 is 9.47 Å². The van der Waals surface area contributed by atoms with Gasteiger partial charge in [0.1, 0.15) is 17.1 Å². The van der Waals surface area contributed by atoms with Crippen molar-refractivity contribution in [3.8, 4) is 5.75 Å². The number of ether oxygens (including phenoxy) is 2. The molecular weight excluding hydrogens is 368 g/mol. The Morgan fingerprint density at radius 2 is 1.85 bits per heavy atom. The van der Waals surface area contributed by atoms with Crippen molar-refractivity contribution in [2.45, 2.75) is 6.18 Å². The van der Waals surface area contributed by atoms with Crippen LogP contribution in [-0.4, -0.2) is 20.2 Å². The van der Waals surface area contributed by atoms with Crippen molar-refractivity contribution in [1.82, 2.24) is 0 Å². The third-order valence-electron chi connectivity index (χ3n) is 3.38. The number of esters is 1. The second kappa shape index (κ2) is 8.43. The Labute approximate surface area is 151 Å². The molecular formula is C18H14F4N2O3. The summed E-state index contributed by atoms with van der Waals surface area (Å²) in [6.45, 7) is 0. The summed E-state index contributed by atoms with van der Waals surface area (Å²) in [5, 5.41) is 7.41. The number of hydrogen-bond acceptors (Lipinski definition) is 5. The van der Waals surface area contributed by atoms with Crippen LogP contribution in [0.2, 0.25) is 0 Å². The van der Waals surface area contributed by atoms with E-state index in [4.69, 9.17) is 4.74 Å². The predicted molar refractivity (Wildman–Crippen MR) is 89.6 cm³/mol. The zero-order valence-electron chi connectivity index (χ0n) is 14.2. The molecule has 0 amide bonds. The van der Waals surface area contributed by atoms with Gasteiger partial charge in [0.25, 0.3) is 0 Å². The highest BCUT2D eigenvalue weighted by Crippen LogP contribution is 2.37. The van der Waals surface area contributed by atoms with Gasteiger partial charge in [0.05, 0.1) is 19.8 Å². The summed E-state index contributed by atoms with van der Waals surface area (Å²) in [6.07, 6.45) is -2.27. The van der Waals surface area contributed by atoms with Crippen molar-refractivity contribution < 1.29 is 31.8 Å². The molecule has 0 saturated heterocycles. The topological polar surface area (TPSA) is 60.2 Å². The number of rotatable bonds is 5. The molecule has 0 heterocycles. The molecule has 2 aromatic rings. The molecule has 5 nitrogen and oxygen atoms in total. The molecule has 0 fully saturated rings. The molecule has 0 aliphatic heterocycles. The van der Waals surface area contributed by atoms with Crippen LogP contribution < -0.4 is 4.74 Å². The monoisotopic (exact) mass is 382 g/mol. The highest BCUT2D eigenvalue weighted by molar-refractivity contribution is 5.88. The quantitative estimate of drug-likeness (QED) is 0.299. The predicted octanol–water partition coefficient (Wildman–Crippen LogP) is 5.45. The van der Waals surface area contributed by atoms with Crippen LogP contribution in [0.5, 0.6) is 5.75 Å². The van der Waals surface area contributed by atoms with Crippen LogP contribution in [-0.2, 0) is 15.7 Å². The Balaban J connectivity index is 2.46. The van der Waals surface area contributed by atoms with Crippen LogP contribution in [0.1, 0.15) is 11.1 Å². The van der Waals surface area contributed by atoms with E-state index in [1.807, 2.05) is 0 Å². The van der Waals surface area contributed by atoms with E-state index >= 15 is 0 Å². The summed E-state index contributed by atoms with van der Waals surface area (Å²) in [4.78, 5) is 11.2. The Kier molecular flexibility index (Phi) is 6.27. The van der Waals surface area contributed by atoms with E-state index in [2.05, 4.69) is 15.0 Å². The average Bonchev–Trinajstić information content (AvgIpc) is 2.64. The number of alkyl halides is 3. The van der Waals surface area contributed by atoms with Gasteiger partial charge in [-0.3, -0.25) is 0 Å². The largest absolute Gasteiger partial charge is 0.494 e. The van der Waals surface area contributed by atoms with Gasteiger partial charge in [-0.05, 0) is 30.3 Å². The first kappa shape index (κ1) is 20.1. The number of halogens is 4. The first-order chi connectivity index (χ1) is 12.8. The van der Waals surface area contributed by atoms with Gasteiger partial charge in [0.2, 0.25) is 0 Å². The number of hydrogen-bond donors (Lipinski definition) is 0. The summed E-state index contributed by atoms with van der Waals surface area (Å²) >= 11 is 0. The van der Waals surface area contributed by atoms with Crippen LogP contribution in [0.4, 0.5) is 28.9 Å². The molecule has 0 radical (unpaired) electrons. The maximum atomic E-state index is 14.1. The lowest BCUT2D eigenvalue weighted by Crippen LogP contribution is -2.04. The number of carbonyl (C=O) groups excluding carboxylic acids is 1. The van der Waals surface area contributed by atoms with Crippen molar-refractivity contribution in [2.75, 3.05) is 14.2 Å². The van der Waals surface area contributed by atoms with Gasteiger partial charge in [-0.1, -0.05) is 12.1 Å². The Morgan fingerprint density at radius 1 is 1.11 bits per heavy atom. The maximum absolute atomic E-state index is 14.1. The van der Waals surface area contributed by atoms with E-state index in [0.717, 1.165) is 30.3 Å². The zero-order valence-corrected chi connectivity index (χ0v) is 14.2. The van der Waals surface area contributed by atoms with Gasteiger partial charge in [-0.25, -0.2) is 9.18 Å². The van der Waals surface area contributed by atoms with Crippen molar-refractivity contribution in [1.29, 1.82) is 0 Å². The van der Waals surface area contributed by atoms with E-state index in [-0.39, 0.29) is 22.7 Å². The number of methoxy groups -OCH3 is 2. The van der Waals surface area contributed by atoms with Crippen molar-refractivity contribution in [2.24, 2.45) is 10.2 Å². The minimum Gasteiger partial charge on any atom is -0.494 e. The van der Waals surface area contributed by atoms with Crippen LogP contribution in [0.15, 0.2) is 52.7 Å². The summed E-state index contributed by atoms with van der Waals surface area (Å²) in [5.41, 5.74) is -1.23. The van der Waals surface area contributed by atoms with Gasteiger partial charge in [-0.2, -0.15) is 13.2 Å². The minimum atomic E-state index is -4.58. The van der Waals surface area contributed by atoms with Crippen LogP contribution in [0.3, 0.4) is 0 Å². The Hall–Kier alpha value is -3.23. The van der Waals surface area contributed by atoms with Gasteiger partial charge >= 0.3 is 12.1 Å². The van der Waals surface area contributed by atoms with Crippen molar-refractivity contribution in [3.63, 3.8) is 0 Å². The second-order valence-electron chi connectivity index (χ2n) is 5.12. The molecule has 0 aliphatic rings. The molecule has 0 saturated carbocycles. The normalized spacial score (nSPS) is 11.9. The first-order valence-corrected chi connectivity index (χ1v) is 7.47. The SMILES string of the molecule is COC(=O)/C=C/c1cccc(F)c1N=Nc1cc(C(F)(F)F)ccc1OC. The summed E-state index contributed by atoms with van der Waals surface area (Å²) in [5.74, 6) is -1.40. The lowest BCUT2D eigenvalue weighted by molar-refractivity contribution is -0.137. The molecule has 0 atom stereocenters. The number of nitrogens with zero attached hydrogens (tertiary/aromatic N) is 2. The molecule has 0 spiro atoms. The van der Waals surface area contributed by atoms with E-state index < -0.39 is 23.5 Å². The first-order valence-electron chi connectivity index (χ1n) is 7.47.